The summed E-state index contributed by atoms with van der Waals surface area (Å²) in [7, 11) is 1.71. The Balaban J connectivity index is 1.85. The van der Waals surface area contributed by atoms with Gasteiger partial charge >= 0.3 is 0 Å². The molecule has 3 rings (SSSR count). The smallest absolute Gasteiger partial charge is 0.123 e. The van der Waals surface area contributed by atoms with Crippen molar-refractivity contribution in [3.63, 3.8) is 0 Å². The van der Waals surface area contributed by atoms with Crippen LogP contribution in [-0.4, -0.2) is 17.1 Å². The Kier molecular flexibility index (Phi) is 3.65. The Morgan fingerprint density at radius 3 is 2.85 bits per heavy atom. The number of H-pyrrole nitrogens is 1. The lowest BCUT2D eigenvalue weighted by atomic mass is 10.0. The molecule has 0 radical (unpaired) electrons. The number of nitrogens with zero attached hydrogens (tertiary/aromatic N) is 1. The van der Waals surface area contributed by atoms with Crippen LogP contribution in [0, 0.1) is 0 Å². The van der Waals surface area contributed by atoms with Crippen LogP contribution in [0.4, 0.5) is 0 Å². The van der Waals surface area contributed by atoms with E-state index in [1.807, 2.05) is 12.3 Å². The van der Waals surface area contributed by atoms with E-state index < -0.39 is 0 Å². The number of methoxy groups -OCH3 is 1. The van der Waals surface area contributed by atoms with Gasteiger partial charge in [-0.3, -0.25) is 0 Å². The lowest BCUT2D eigenvalue weighted by Gasteiger charge is -2.12. The summed E-state index contributed by atoms with van der Waals surface area (Å²) in [6.45, 7) is 1.51. The number of benzene rings is 2. The van der Waals surface area contributed by atoms with Gasteiger partial charge in [-0.2, -0.15) is 0 Å². The van der Waals surface area contributed by atoms with Crippen molar-refractivity contribution in [2.24, 2.45) is 0 Å². The lowest BCUT2D eigenvalue weighted by Crippen LogP contribution is -2.14. The molecule has 0 saturated heterocycles. The number of nitrogens with one attached hydrogen (secondary N) is 2. The number of hydrogen-bond donors (Lipinski definition) is 2. The zero-order chi connectivity index (χ0) is 13.8. The van der Waals surface area contributed by atoms with Gasteiger partial charge in [0.2, 0.25) is 0 Å². The van der Waals surface area contributed by atoms with Crippen molar-refractivity contribution in [1.29, 1.82) is 0 Å². The van der Waals surface area contributed by atoms with Crippen molar-refractivity contribution >= 4 is 10.8 Å². The molecule has 3 aromatic rings. The van der Waals surface area contributed by atoms with E-state index in [9.17, 15) is 0 Å². The van der Waals surface area contributed by atoms with Crippen molar-refractivity contribution in [2.45, 2.75) is 13.1 Å². The predicted octanol–water partition coefficient (Wildman–Crippen LogP) is 2.86. The van der Waals surface area contributed by atoms with Crippen molar-refractivity contribution in [3.05, 3.63) is 60.2 Å². The van der Waals surface area contributed by atoms with Gasteiger partial charge in [0.1, 0.15) is 5.75 Å². The van der Waals surface area contributed by atoms with Gasteiger partial charge in [-0.25, -0.2) is 4.98 Å². The predicted molar refractivity (Wildman–Crippen MR) is 79.6 cm³/mol. The highest BCUT2D eigenvalue weighted by molar-refractivity contribution is 5.87. The Morgan fingerprint density at radius 2 is 2.05 bits per heavy atom. The minimum absolute atomic E-state index is 0.754. The second-order valence-electron chi connectivity index (χ2n) is 4.65. The van der Waals surface area contributed by atoms with Crippen LogP contribution in [0.25, 0.3) is 10.8 Å². The molecule has 0 unspecified atom stereocenters. The van der Waals surface area contributed by atoms with Crippen LogP contribution in [0.1, 0.15) is 11.3 Å². The molecule has 0 bridgehead atoms. The first-order chi connectivity index (χ1) is 9.88. The summed E-state index contributed by atoms with van der Waals surface area (Å²) in [6.07, 6.45) is 3.52. The van der Waals surface area contributed by atoms with E-state index in [-0.39, 0.29) is 0 Å². The van der Waals surface area contributed by atoms with Gasteiger partial charge in [0.15, 0.2) is 0 Å². The van der Waals surface area contributed by atoms with Crippen LogP contribution in [0.2, 0.25) is 0 Å². The zero-order valence-electron chi connectivity index (χ0n) is 11.4. The molecule has 0 aliphatic rings. The first-order valence-electron chi connectivity index (χ1n) is 6.61. The second-order valence-corrected chi connectivity index (χ2v) is 4.65. The van der Waals surface area contributed by atoms with Crippen LogP contribution >= 0.6 is 0 Å². The maximum Gasteiger partial charge on any atom is 0.123 e. The Labute approximate surface area is 117 Å². The quantitative estimate of drug-likeness (QED) is 0.747. The summed E-state index contributed by atoms with van der Waals surface area (Å²) in [4.78, 5) is 7.10. The molecule has 4 heteroatoms. The maximum absolute atomic E-state index is 5.48. The molecule has 2 aromatic carbocycles. The number of fused-ring (bicyclic) bond motifs is 1. The Bertz CT molecular complexity index is 692. The highest BCUT2D eigenvalue weighted by Crippen LogP contribution is 2.27. The van der Waals surface area contributed by atoms with Gasteiger partial charge in [0.05, 0.1) is 13.4 Å². The number of hydrogen-bond acceptors (Lipinski definition) is 3. The number of rotatable bonds is 5. The first kappa shape index (κ1) is 12.7. The molecular formula is C16H17N3O. The van der Waals surface area contributed by atoms with E-state index in [1.165, 1.54) is 16.3 Å². The summed E-state index contributed by atoms with van der Waals surface area (Å²) in [5.74, 6) is 0.917. The standard InChI is InChI=1S/C16H17N3O/c1-20-16-7-6-12-4-2-3-5-14(12)15(16)10-17-8-13-9-18-11-19-13/h2-7,9,11,17H,8,10H2,1H3,(H,18,19). The van der Waals surface area contributed by atoms with Crippen LogP contribution in [-0.2, 0) is 13.1 Å². The van der Waals surface area contributed by atoms with Gasteiger partial charge < -0.3 is 15.0 Å². The van der Waals surface area contributed by atoms with E-state index >= 15 is 0 Å². The average Bonchev–Trinajstić information content (AvgIpc) is 3.00. The van der Waals surface area contributed by atoms with Crippen LogP contribution in [0.15, 0.2) is 48.9 Å². The summed E-state index contributed by atoms with van der Waals surface area (Å²) >= 11 is 0. The minimum Gasteiger partial charge on any atom is -0.496 e. The van der Waals surface area contributed by atoms with Gasteiger partial charge in [-0.1, -0.05) is 30.3 Å². The van der Waals surface area contributed by atoms with Crippen LogP contribution < -0.4 is 10.1 Å². The van der Waals surface area contributed by atoms with Crippen molar-refractivity contribution in [3.8, 4) is 5.75 Å². The molecule has 0 aliphatic carbocycles. The Hall–Kier alpha value is -2.33. The van der Waals surface area contributed by atoms with Gasteiger partial charge in [-0.15, -0.1) is 0 Å². The maximum atomic E-state index is 5.48. The number of imidazole rings is 1. The SMILES string of the molecule is COc1ccc2ccccc2c1CNCc1cnc[nH]1. The minimum atomic E-state index is 0.754. The molecule has 0 fully saturated rings. The lowest BCUT2D eigenvalue weighted by molar-refractivity contribution is 0.408. The van der Waals surface area contributed by atoms with Crippen molar-refractivity contribution in [2.75, 3.05) is 7.11 Å². The first-order valence-corrected chi connectivity index (χ1v) is 6.61. The third-order valence-electron chi connectivity index (χ3n) is 3.39. The summed E-state index contributed by atoms with van der Waals surface area (Å²) < 4.78 is 5.48. The highest BCUT2D eigenvalue weighted by Gasteiger charge is 2.07. The summed E-state index contributed by atoms with van der Waals surface area (Å²) in [5.41, 5.74) is 2.26. The third-order valence-corrected chi connectivity index (χ3v) is 3.39. The van der Waals surface area contributed by atoms with Crippen LogP contribution in [0.3, 0.4) is 0 Å². The number of aromatic amines is 1. The molecule has 20 heavy (non-hydrogen) atoms. The van der Waals surface area contributed by atoms with E-state index in [0.29, 0.717) is 0 Å². The van der Waals surface area contributed by atoms with E-state index in [4.69, 9.17) is 4.74 Å². The van der Waals surface area contributed by atoms with E-state index in [0.717, 1.165) is 24.5 Å². The molecule has 4 nitrogen and oxygen atoms in total. The van der Waals surface area contributed by atoms with Gasteiger partial charge in [0, 0.05) is 30.5 Å². The van der Waals surface area contributed by atoms with Crippen LogP contribution in [0.5, 0.6) is 5.75 Å². The molecular weight excluding hydrogens is 250 g/mol. The fourth-order valence-electron chi connectivity index (χ4n) is 2.39. The normalized spacial score (nSPS) is 10.8. The highest BCUT2D eigenvalue weighted by atomic mass is 16.5. The van der Waals surface area contributed by atoms with E-state index in [1.54, 1.807) is 13.4 Å². The summed E-state index contributed by atoms with van der Waals surface area (Å²) in [5, 5.41) is 5.87. The number of ether oxygens (including phenoxy) is 1. The topological polar surface area (TPSA) is 49.9 Å². The average molecular weight is 267 g/mol. The van der Waals surface area contributed by atoms with Gasteiger partial charge in [0.25, 0.3) is 0 Å². The molecule has 0 saturated carbocycles. The van der Waals surface area contributed by atoms with E-state index in [2.05, 4.69) is 45.6 Å². The molecule has 2 N–H and O–H groups in total. The summed E-state index contributed by atoms with van der Waals surface area (Å²) in [6, 6.07) is 12.5. The molecule has 0 spiro atoms. The molecule has 0 amide bonds. The second kappa shape index (κ2) is 5.75. The largest absolute Gasteiger partial charge is 0.496 e. The fourth-order valence-corrected chi connectivity index (χ4v) is 2.39. The number of aromatic nitrogens is 2. The molecule has 102 valence electrons. The van der Waals surface area contributed by atoms with Gasteiger partial charge in [-0.05, 0) is 16.8 Å². The fraction of sp³-hybridized carbons (Fsp3) is 0.188. The monoisotopic (exact) mass is 267 g/mol. The Morgan fingerprint density at radius 1 is 1.15 bits per heavy atom. The van der Waals surface area contributed by atoms with Crippen molar-refractivity contribution < 1.29 is 4.74 Å². The molecule has 1 heterocycles. The third kappa shape index (κ3) is 2.51. The van der Waals surface area contributed by atoms with Crippen molar-refractivity contribution in [1.82, 2.24) is 15.3 Å². The molecule has 1 aromatic heterocycles. The molecule has 0 aliphatic heterocycles. The zero-order valence-corrected chi connectivity index (χ0v) is 11.4. The molecule has 0 atom stereocenters.